The Hall–Kier alpha value is -0.720. The third-order valence-electron chi connectivity index (χ3n) is 0.474. The van der Waals surface area contributed by atoms with Gasteiger partial charge < -0.3 is 5.73 Å². The first-order valence-corrected chi connectivity index (χ1v) is 3.22. The van der Waals surface area contributed by atoms with Gasteiger partial charge in [-0.05, 0) is 19.9 Å². The van der Waals surface area contributed by atoms with Crippen molar-refractivity contribution < 1.29 is 0 Å². The molecule has 0 amide bonds. The standard InChI is InChI=1S/C6H11N.C2H6/c1-5(2)4-6(3)7;1-2/h4H,3,7H2,1-2H3;1-2H3. The Bertz CT molecular complexity index is 97.1. The highest BCUT2D eigenvalue weighted by molar-refractivity contribution is 5.14. The van der Waals surface area contributed by atoms with Crippen molar-refractivity contribution in [3.63, 3.8) is 0 Å². The third kappa shape index (κ3) is 18.9. The summed E-state index contributed by atoms with van der Waals surface area (Å²) in [5, 5.41) is 0. The second kappa shape index (κ2) is 7.28. The second-order valence-corrected chi connectivity index (χ2v) is 1.80. The Morgan fingerprint density at radius 2 is 1.67 bits per heavy atom. The van der Waals surface area contributed by atoms with Crippen LogP contribution in [0.2, 0.25) is 0 Å². The Morgan fingerprint density at radius 3 is 1.67 bits per heavy atom. The maximum Gasteiger partial charge on any atom is 0.0240 e. The van der Waals surface area contributed by atoms with Gasteiger partial charge in [-0.15, -0.1) is 0 Å². The Morgan fingerprint density at radius 1 is 1.33 bits per heavy atom. The molecule has 0 bridgehead atoms. The molecule has 0 aliphatic carbocycles. The minimum Gasteiger partial charge on any atom is -0.399 e. The largest absolute Gasteiger partial charge is 0.399 e. The Balaban J connectivity index is 0. The van der Waals surface area contributed by atoms with Crippen LogP contribution >= 0.6 is 0 Å². The zero-order valence-electron chi connectivity index (χ0n) is 6.86. The number of nitrogens with two attached hydrogens (primary N) is 1. The minimum absolute atomic E-state index is 0.625. The van der Waals surface area contributed by atoms with E-state index in [1.807, 2.05) is 33.8 Å². The van der Waals surface area contributed by atoms with E-state index in [4.69, 9.17) is 5.73 Å². The monoisotopic (exact) mass is 127 g/mol. The summed E-state index contributed by atoms with van der Waals surface area (Å²) in [5.74, 6) is 0. The van der Waals surface area contributed by atoms with Crippen molar-refractivity contribution in [2.24, 2.45) is 5.73 Å². The van der Waals surface area contributed by atoms with E-state index in [9.17, 15) is 0 Å². The van der Waals surface area contributed by atoms with Crippen LogP contribution < -0.4 is 5.73 Å². The van der Waals surface area contributed by atoms with Crippen LogP contribution in [-0.4, -0.2) is 0 Å². The fourth-order valence-electron chi connectivity index (χ4n) is 0.371. The molecule has 0 aromatic heterocycles. The summed E-state index contributed by atoms with van der Waals surface area (Å²) in [5.41, 5.74) is 7.04. The molecule has 0 aliphatic rings. The highest BCUT2D eigenvalue weighted by Gasteiger charge is 1.74. The van der Waals surface area contributed by atoms with Gasteiger partial charge in [-0.25, -0.2) is 0 Å². The molecule has 0 aliphatic heterocycles. The molecule has 0 unspecified atom stereocenters. The third-order valence-corrected chi connectivity index (χ3v) is 0.474. The lowest BCUT2D eigenvalue weighted by molar-refractivity contribution is 1.33. The predicted octanol–water partition coefficient (Wildman–Crippen LogP) is 2.45. The summed E-state index contributed by atoms with van der Waals surface area (Å²) in [7, 11) is 0. The van der Waals surface area contributed by atoms with Gasteiger partial charge in [0.1, 0.15) is 0 Å². The van der Waals surface area contributed by atoms with E-state index in [1.54, 1.807) is 0 Å². The average Bonchev–Trinajstić information content (AvgIpc) is 1.68. The van der Waals surface area contributed by atoms with Crippen LogP contribution in [0.4, 0.5) is 0 Å². The summed E-state index contributed by atoms with van der Waals surface area (Å²) in [6, 6.07) is 0. The number of allylic oxidation sites excluding steroid dienone is 2. The zero-order valence-corrected chi connectivity index (χ0v) is 6.86. The molecule has 0 rings (SSSR count). The Labute approximate surface area is 58.3 Å². The molecule has 0 spiro atoms. The summed E-state index contributed by atoms with van der Waals surface area (Å²) in [4.78, 5) is 0. The lowest BCUT2D eigenvalue weighted by Gasteiger charge is -1.86. The minimum atomic E-state index is 0.625. The molecule has 1 nitrogen and oxygen atoms in total. The van der Waals surface area contributed by atoms with Crippen molar-refractivity contribution in [2.75, 3.05) is 0 Å². The topological polar surface area (TPSA) is 26.0 Å². The maximum atomic E-state index is 5.22. The number of hydrogen-bond donors (Lipinski definition) is 1. The van der Waals surface area contributed by atoms with Gasteiger partial charge in [0.25, 0.3) is 0 Å². The van der Waals surface area contributed by atoms with E-state index >= 15 is 0 Å². The molecule has 0 radical (unpaired) electrons. The molecule has 0 saturated heterocycles. The fourth-order valence-corrected chi connectivity index (χ4v) is 0.371. The van der Waals surface area contributed by atoms with Crippen molar-refractivity contribution in [3.8, 4) is 0 Å². The fraction of sp³-hybridized carbons (Fsp3) is 0.500. The first-order valence-electron chi connectivity index (χ1n) is 3.22. The van der Waals surface area contributed by atoms with Crippen molar-refractivity contribution in [1.29, 1.82) is 0 Å². The second-order valence-electron chi connectivity index (χ2n) is 1.80. The summed E-state index contributed by atoms with van der Waals surface area (Å²) in [6.45, 7) is 11.5. The number of hydrogen-bond acceptors (Lipinski definition) is 1. The lowest BCUT2D eigenvalue weighted by atomic mass is 10.3. The molecule has 2 N–H and O–H groups in total. The quantitative estimate of drug-likeness (QED) is 0.538. The van der Waals surface area contributed by atoms with Gasteiger partial charge in [0, 0.05) is 5.70 Å². The molecule has 1 heteroatoms. The zero-order chi connectivity index (χ0) is 7.86. The molecule has 0 aromatic carbocycles. The number of rotatable bonds is 1. The molecule has 9 heavy (non-hydrogen) atoms. The SMILES string of the molecule is C=C(N)C=C(C)C.CC. The lowest BCUT2D eigenvalue weighted by Crippen LogP contribution is -1.88. The van der Waals surface area contributed by atoms with Crippen LogP contribution in [-0.2, 0) is 0 Å². The van der Waals surface area contributed by atoms with Crippen LogP contribution in [0.25, 0.3) is 0 Å². The van der Waals surface area contributed by atoms with Gasteiger partial charge in [0.15, 0.2) is 0 Å². The summed E-state index contributed by atoms with van der Waals surface area (Å²) in [6.07, 6.45) is 1.83. The highest BCUT2D eigenvalue weighted by Crippen LogP contribution is 1.90. The Kier molecular flexibility index (Phi) is 9.00. The molecule has 0 fully saturated rings. The van der Waals surface area contributed by atoms with Crippen LogP contribution in [0.5, 0.6) is 0 Å². The van der Waals surface area contributed by atoms with Gasteiger partial charge in [-0.3, -0.25) is 0 Å². The van der Waals surface area contributed by atoms with Gasteiger partial charge in [-0.1, -0.05) is 26.0 Å². The highest BCUT2D eigenvalue weighted by atomic mass is 14.5. The van der Waals surface area contributed by atoms with Gasteiger partial charge in [0.2, 0.25) is 0 Å². The first kappa shape index (κ1) is 11.1. The first-order chi connectivity index (χ1) is 4.13. The van der Waals surface area contributed by atoms with E-state index in [0.717, 1.165) is 0 Å². The molecular formula is C8H17N. The van der Waals surface area contributed by atoms with Crippen molar-refractivity contribution in [1.82, 2.24) is 0 Å². The predicted molar refractivity (Wildman–Crippen MR) is 44.1 cm³/mol. The van der Waals surface area contributed by atoms with Crippen molar-refractivity contribution in [3.05, 3.63) is 23.9 Å². The molecule has 0 saturated carbocycles. The van der Waals surface area contributed by atoms with Gasteiger partial charge in [0.05, 0.1) is 0 Å². The van der Waals surface area contributed by atoms with Crippen molar-refractivity contribution >= 4 is 0 Å². The molecule has 0 aromatic rings. The van der Waals surface area contributed by atoms with Crippen LogP contribution in [0.15, 0.2) is 23.9 Å². The van der Waals surface area contributed by atoms with Crippen molar-refractivity contribution in [2.45, 2.75) is 27.7 Å². The van der Waals surface area contributed by atoms with E-state index in [1.165, 1.54) is 5.57 Å². The van der Waals surface area contributed by atoms with Crippen LogP contribution in [0.3, 0.4) is 0 Å². The van der Waals surface area contributed by atoms with E-state index < -0.39 is 0 Å². The molecule has 0 heterocycles. The maximum absolute atomic E-state index is 5.22. The summed E-state index contributed by atoms with van der Waals surface area (Å²) < 4.78 is 0. The van der Waals surface area contributed by atoms with Crippen LogP contribution in [0, 0.1) is 0 Å². The molecular weight excluding hydrogens is 110 g/mol. The van der Waals surface area contributed by atoms with Crippen LogP contribution in [0.1, 0.15) is 27.7 Å². The summed E-state index contributed by atoms with van der Waals surface area (Å²) >= 11 is 0. The van der Waals surface area contributed by atoms with E-state index in [-0.39, 0.29) is 0 Å². The molecule has 54 valence electrons. The smallest absolute Gasteiger partial charge is 0.0240 e. The van der Waals surface area contributed by atoms with E-state index in [2.05, 4.69) is 6.58 Å². The average molecular weight is 127 g/mol. The van der Waals surface area contributed by atoms with Gasteiger partial charge >= 0.3 is 0 Å². The molecule has 0 atom stereocenters. The normalized spacial score (nSPS) is 6.67. The van der Waals surface area contributed by atoms with Gasteiger partial charge in [-0.2, -0.15) is 0 Å². The van der Waals surface area contributed by atoms with E-state index in [0.29, 0.717) is 5.70 Å².